The molecule has 0 radical (unpaired) electrons. The van der Waals surface area contributed by atoms with Crippen LogP contribution in [0.25, 0.3) is 22.4 Å². The van der Waals surface area contributed by atoms with E-state index < -0.39 is 17.7 Å². The minimum atomic E-state index is -4.40. The van der Waals surface area contributed by atoms with E-state index in [2.05, 4.69) is 15.1 Å². The predicted octanol–water partition coefficient (Wildman–Crippen LogP) is 5.38. The molecule has 1 aliphatic heterocycles. The summed E-state index contributed by atoms with van der Waals surface area (Å²) in [4.78, 5) is 7.95. The lowest BCUT2D eigenvalue weighted by Gasteiger charge is -2.25. The van der Waals surface area contributed by atoms with Crippen LogP contribution in [0.15, 0.2) is 48.5 Å². The first kappa shape index (κ1) is 18.7. The second kappa shape index (κ2) is 6.90. The molecule has 0 amide bonds. The van der Waals surface area contributed by atoms with Gasteiger partial charge in [-0.2, -0.15) is 13.2 Å². The van der Waals surface area contributed by atoms with Crippen LogP contribution in [0, 0.1) is 0 Å². The number of aromatic nitrogens is 4. The van der Waals surface area contributed by atoms with Crippen molar-refractivity contribution in [2.75, 3.05) is 7.11 Å². The van der Waals surface area contributed by atoms with E-state index in [-0.39, 0.29) is 5.56 Å². The van der Waals surface area contributed by atoms with Gasteiger partial charge >= 0.3 is 6.18 Å². The summed E-state index contributed by atoms with van der Waals surface area (Å²) in [5, 5.41) is 5.54. The molecule has 5 rings (SSSR count). The summed E-state index contributed by atoms with van der Waals surface area (Å²) in [6, 6.07) is 13.4. The van der Waals surface area contributed by atoms with Gasteiger partial charge in [0.2, 0.25) is 0 Å². The van der Waals surface area contributed by atoms with Gasteiger partial charge in [0.1, 0.15) is 11.6 Å². The Morgan fingerprint density at radius 3 is 2.77 bits per heavy atom. The zero-order valence-corrected chi connectivity index (χ0v) is 16.2. The first-order chi connectivity index (χ1) is 14.4. The third-order valence-corrected chi connectivity index (χ3v) is 5.59. The van der Waals surface area contributed by atoms with Gasteiger partial charge < -0.3 is 9.72 Å². The van der Waals surface area contributed by atoms with Crippen molar-refractivity contribution in [1.29, 1.82) is 0 Å². The van der Waals surface area contributed by atoms with Crippen LogP contribution in [0.4, 0.5) is 13.2 Å². The van der Waals surface area contributed by atoms with Gasteiger partial charge in [-0.05, 0) is 48.7 Å². The van der Waals surface area contributed by atoms with Gasteiger partial charge in [-0.25, -0.2) is 9.67 Å². The van der Waals surface area contributed by atoms with Crippen LogP contribution in [0.1, 0.15) is 35.7 Å². The molecule has 0 aliphatic carbocycles. The van der Waals surface area contributed by atoms with Gasteiger partial charge in [-0.1, -0.05) is 18.2 Å². The second-order valence-electron chi connectivity index (χ2n) is 7.43. The van der Waals surface area contributed by atoms with Gasteiger partial charge in [-0.3, -0.25) is 0 Å². The molecular weight excluding hydrogens is 393 g/mol. The minimum absolute atomic E-state index is 0.256. The summed E-state index contributed by atoms with van der Waals surface area (Å²) in [5.41, 5.74) is 1.29. The van der Waals surface area contributed by atoms with Crippen molar-refractivity contribution in [3.63, 3.8) is 0 Å². The molecule has 0 saturated carbocycles. The molecule has 0 bridgehead atoms. The Bertz CT molecular complexity index is 1220. The van der Waals surface area contributed by atoms with Gasteiger partial charge in [-0.15, -0.1) is 5.10 Å². The van der Waals surface area contributed by atoms with E-state index in [1.807, 2.05) is 24.3 Å². The molecule has 2 aromatic carbocycles. The number of aromatic amines is 1. The number of fused-ring (bicyclic) bond motifs is 2. The Kier molecular flexibility index (Phi) is 4.30. The van der Waals surface area contributed by atoms with Crippen LogP contribution in [0.5, 0.6) is 5.75 Å². The molecule has 1 atom stereocenters. The van der Waals surface area contributed by atoms with E-state index >= 15 is 0 Å². The molecule has 30 heavy (non-hydrogen) atoms. The third-order valence-electron chi connectivity index (χ3n) is 5.59. The Hall–Kier alpha value is -3.29. The zero-order valence-electron chi connectivity index (χ0n) is 16.2. The van der Waals surface area contributed by atoms with Crippen molar-refractivity contribution in [3.8, 4) is 17.3 Å². The third kappa shape index (κ3) is 3.12. The summed E-state index contributed by atoms with van der Waals surface area (Å²) in [6.45, 7) is 0.640. The molecule has 5 nitrogen and oxygen atoms in total. The highest BCUT2D eigenvalue weighted by atomic mass is 19.4. The lowest BCUT2D eigenvalue weighted by atomic mass is 9.88. The number of ether oxygens (including phenoxy) is 1. The number of aryl methyl sites for hydroxylation is 1. The number of halogens is 3. The highest BCUT2D eigenvalue weighted by molar-refractivity contribution is 5.85. The van der Waals surface area contributed by atoms with E-state index in [0.29, 0.717) is 24.6 Å². The van der Waals surface area contributed by atoms with E-state index in [1.54, 1.807) is 23.9 Å². The molecule has 1 N–H and O–H groups in total. The van der Waals surface area contributed by atoms with Crippen LogP contribution >= 0.6 is 0 Å². The SMILES string of the molecule is COc1ccc2[nH]c(-c3nc4n(n3)CCCC4c3ccccc3C(F)(F)F)cc2c1. The fourth-order valence-corrected chi connectivity index (χ4v) is 4.18. The molecular formula is C22H19F3N4O. The highest BCUT2D eigenvalue weighted by Gasteiger charge is 2.37. The van der Waals surface area contributed by atoms with E-state index in [0.717, 1.165) is 34.8 Å². The lowest BCUT2D eigenvalue weighted by molar-refractivity contribution is -0.138. The summed E-state index contributed by atoms with van der Waals surface area (Å²) in [6.07, 6.45) is -3.05. The number of hydrogen-bond acceptors (Lipinski definition) is 3. The van der Waals surface area contributed by atoms with Gasteiger partial charge in [0.05, 0.1) is 18.4 Å². The Morgan fingerprint density at radius 2 is 1.97 bits per heavy atom. The van der Waals surface area contributed by atoms with Gasteiger partial charge in [0, 0.05) is 23.4 Å². The maximum Gasteiger partial charge on any atom is 0.416 e. The normalized spacial score (nSPS) is 16.6. The molecule has 4 aromatic rings. The largest absolute Gasteiger partial charge is 0.497 e. The van der Waals surface area contributed by atoms with E-state index in [1.165, 1.54) is 6.07 Å². The quantitative estimate of drug-likeness (QED) is 0.492. The maximum atomic E-state index is 13.6. The summed E-state index contributed by atoms with van der Waals surface area (Å²) in [5.74, 6) is 1.36. The monoisotopic (exact) mass is 412 g/mol. The number of methoxy groups -OCH3 is 1. The summed E-state index contributed by atoms with van der Waals surface area (Å²) < 4.78 is 47.7. The summed E-state index contributed by atoms with van der Waals surface area (Å²) >= 11 is 0. The van der Waals surface area contributed by atoms with Crippen molar-refractivity contribution in [3.05, 3.63) is 65.5 Å². The smallest absolute Gasteiger partial charge is 0.416 e. The maximum absolute atomic E-state index is 13.6. The van der Waals surface area contributed by atoms with Crippen molar-refractivity contribution in [2.24, 2.45) is 0 Å². The lowest BCUT2D eigenvalue weighted by Crippen LogP contribution is -2.21. The molecule has 0 fully saturated rings. The fraction of sp³-hybridized carbons (Fsp3) is 0.273. The standard InChI is InChI=1S/C22H19F3N4O/c1-30-14-8-9-18-13(11-14)12-19(26-18)20-27-21-16(6-4-10-29(21)28-20)15-5-2-3-7-17(15)22(23,24)25/h2-3,5,7-9,11-12,16,26H,4,6,10H2,1H3. The van der Waals surface area contributed by atoms with Crippen LogP contribution in [0.2, 0.25) is 0 Å². The summed E-state index contributed by atoms with van der Waals surface area (Å²) in [7, 11) is 1.61. The highest BCUT2D eigenvalue weighted by Crippen LogP contribution is 2.41. The molecule has 1 aliphatic rings. The van der Waals surface area contributed by atoms with Gasteiger partial charge in [0.25, 0.3) is 0 Å². The van der Waals surface area contributed by atoms with Crippen molar-refractivity contribution >= 4 is 10.9 Å². The molecule has 1 unspecified atom stereocenters. The van der Waals surface area contributed by atoms with E-state index in [4.69, 9.17) is 4.74 Å². The number of benzene rings is 2. The van der Waals surface area contributed by atoms with Crippen LogP contribution < -0.4 is 4.74 Å². The number of hydrogen-bond donors (Lipinski definition) is 1. The number of rotatable bonds is 3. The topological polar surface area (TPSA) is 55.7 Å². The predicted molar refractivity (Wildman–Crippen MR) is 106 cm³/mol. The molecule has 8 heteroatoms. The Morgan fingerprint density at radius 1 is 1.13 bits per heavy atom. The number of H-pyrrole nitrogens is 1. The average Bonchev–Trinajstić information content (AvgIpc) is 3.36. The van der Waals surface area contributed by atoms with Gasteiger partial charge in [0.15, 0.2) is 5.82 Å². The second-order valence-corrected chi connectivity index (χ2v) is 7.43. The molecule has 0 spiro atoms. The molecule has 3 heterocycles. The van der Waals surface area contributed by atoms with Crippen LogP contribution in [-0.2, 0) is 12.7 Å². The molecule has 0 saturated heterocycles. The number of nitrogens with one attached hydrogen (secondary N) is 1. The van der Waals surface area contributed by atoms with Crippen LogP contribution in [0.3, 0.4) is 0 Å². The van der Waals surface area contributed by atoms with E-state index in [9.17, 15) is 13.2 Å². The zero-order chi connectivity index (χ0) is 20.9. The molecule has 154 valence electrons. The average molecular weight is 412 g/mol. The first-order valence-electron chi connectivity index (χ1n) is 9.72. The van der Waals surface area contributed by atoms with Crippen molar-refractivity contribution in [1.82, 2.24) is 19.7 Å². The van der Waals surface area contributed by atoms with Crippen molar-refractivity contribution in [2.45, 2.75) is 31.5 Å². The Labute approximate surface area is 170 Å². The number of alkyl halides is 3. The van der Waals surface area contributed by atoms with Crippen LogP contribution in [-0.4, -0.2) is 26.9 Å². The van der Waals surface area contributed by atoms with Crippen molar-refractivity contribution < 1.29 is 17.9 Å². The fourth-order valence-electron chi connectivity index (χ4n) is 4.18. The molecule has 2 aromatic heterocycles. The first-order valence-corrected chi connectivity index (χ1v) is 9.72. The number of nitrogens with zero attached hydrogens (tertiary/aromatic N) is 3. The Balaban J connectivity index is 1.58. The minimum Gasteiger partial charge on any atom is -0.497 e.